The number of piperidine rings is 1. The average molecular weight is 405 g/mol. The lowest BCUT2D eigenvalue weighted by Crippen LogP contribution is -2.48. The number of fused-ring (bicyclic) bond motifs is 1. The van der Waals surface area contributed by atoms with Crippen LogP contribution < -0.4 is 21.7 Å². The van der Waals surface area contributed by atoms with Gasteiger partial charge < -0.3 is 21.7 Å². The quantitative estimate of drug-likeness (QED) is 0.720. The Bertz CT molecular complexity index is 909. The predicted octanol–water partition coefficient (Wildman–Crippen LogP) is 2.42. The molecule has 0 saturated carbocycles. The Morgan fingerprint density at radius 2 is 2.07 bits per heavy atom. The highest BCUT2D eigenvalue weighted by Crippen LogP contribution is 2.40. The van der Waals surface area contributed by atoms with Crippen molar-refractivity contribution in [2.75, 3.05) is 23.7 Å². The first-order valence-electron chi connectivity index (χ1n) is 8.77. The summed E-state index contributed by atoms with van der Waals surface area (Å²) >= 11 is 7.58. The monoisotopic (exact) mass is 404 g/mol. The topological polar surface area (TPSA) is 110 Å². The van der Waals surface area contributed by atoms with Gasteiger partial charge in [0.05, 0.1) is 22.5 Å². The molecule has 7 nitrogen and oxygen atoms in total. The number of carbonyl (C=O) groups is 1. The first-order valence-corrected chi connectivity index (χ1v) is 9.97. The summed E-state index contributed by atoms with van der Waals surface area (Å²) in [4.78, 5) is 24.0. The van der Waals surface area contributed by atoms with E-state index in [0.29, 0.717) is 22.2 Å². The van der Waals surface area contributed by atoms with Gasteiger partial charge in [-0.05, 0) is 25.8 Å². The maximum absolute atomic E-state index is 12.5. The normalized spacial score (nSPS) is 18.3. The highest BCUT2D eigenvalue weighted by Gasteiger charge is 2.32. The number of pyridine rings is 2. The Balaban J connectivity index is 1.69. The summed E-state index contributed by atoms with van der Waals surface area (Å²) in [5, 5.41) is 3.92. The second kappa shape index (κ2) is 6.85. The third kappa shape index (κ3) is 3.44. The van der Waals surface area contributed by atoms with Gasteiger partial charge in [-0.25, -0.2) is 9.97 Å². The molecule has 0 atom stereocenters. The Hall–Kier alpha value is -2.03. The van der Waals surface area contributed by atoms with Gasteiger partial charge in [0.25, 0.3) is 5.91 Å². The smallest absolute Gasteiger partial charge is 0.254 e. The van der Waals surface area contributed by atoms with Crippen LogP contribution in [-0.4, -0.2) is 34.5 Å². The van der Waals surface area contributed by atoms with Gasteiger partial charge in [0, 0.05) is 41.8 Å². The largest absolute Gasteiger partial charge is 0.382 e. The molecule has 0 spiro atoms. The van der Waals surface area contributed by atoms with Crippen molar-refractivity contribution in [3.05, 3.63) is 34.6 Å². The minimum Gasteiger partial charge on any atom is -0.382 e. The highest BCUT2D eigenvalue weighted by molar-refractivity contribution is 7.99. The van der Waals surface area contributed by atoms with Crippen LogP contribution in [0.3, 0.4) is 0 Å². The van der Waals surface area contributed by atoms with Crippen molar-refractivity contribution in [3.8, 4) is 0 Å². The van der Waals surface area contributed by atoms with Crippen LogP contribution in [0.25, 0.3) is 0 Å². The van der Waals surface area contributed by atoms with Crippen LogP contribution >= 0.6 is 23.4 Å². The number of nitrogen functional groups attached to an aromatic ring is 1. The number of anilines is 2. The van der Waals surface area contributed by atoms with Gasteiger partial charge in [0.15, 0.2) is 0 Å². The van der Waals surface area contributed by atoms with E-state index < -0.39 is 0 Å². The summed E-state index contributed by atoms with van der Waals surface area (Å²) < 4.78 is 0. The van der Waals surface area contributed by atoms with Gasteiger partial charge in [-0.3, -0.25) is 4.79 Å². The van der Waals surface area contributed by atoms with Crippen molar-refractivity contribution >= 4 is 40.8 Å². The number of rotatable bonds is 3. The summed E-state index contributed by atoms with van der Waals surface area (Å²) in [6.07, 6.45) is 5.26. The number of nitrogens with one attached hydrogen (secondary N) is 1. The van der Waals surface area contributed by atoms with Crippen LogP contribution in [0.2, 0.25) is 5.02 Å². The van der Waals surface area contributed by atoms with Crippen molar-refractivity contribution in [1.82, 2.24) is 15.3 Å². The fourth-order valence-corrected chi connectivity index (χ4v) is 4.60. The Labute approximate surface area is 166 Å². The number of carbonyl (C=O) groups excluding carboxylic acids is 1. The summed E-state index contributed by atoms with van der Waals surface area (Å²) in [6.45, 7) is 4.30. The van der Waals surface area contributed by atoms with E-state index in [-0.39, 0.29) is 17.3 Å². The molecule has 0 unspecified atom stereocenters. The molecular weight excluding hydrogens is 384 g/mol. The molecule has 1 fully saturated rings. The van der Waals surface area contributed by atoms with Crippen molar-refractivity contribution in [2.45, 2.75) is 41.8 Å². The van der Waals surface area contributed by atoms with Crippen LogP contribution in [0.15, 0.2) is 28.4 Å². The van der Waals surface area contributed by atoms with E-state index in [2.05, 4.69) is 27.1 Å². The fraction of sp³-hybridized carbons (Fsp3) is 0.389. The van der Waals surface area contributed by atoms with Gasteiger partial charge in [-0.2, -0.15) is 0 Å². The van der Waals surface area contributed by atoms with Crippen molar-refractivity contribution in [1.29, 1.82) is 0 Å². The van der Waals surface area contributed by atoms with Crippen LogP contribution in [-0.2, 0) is 6.54 Å². The van der Waals surface area contributed by atoms with Crippen molar-refractivity contribution < 1.29 is 4.79 Å². The molecule has 142 valence electrons. The fourth-order valence-electron chi connectivity index (χ4n) is 3.42. The Kier molecular flexibility index (Phi) is 4.65. The van der Waals surface area contributed by atoms with Crippen LogP contribution in [0.1, 0.15) is 35.7 Å². The third-order valence-corrected chi connectivity index (χ3v) is 6.69. The Morgan fingerprint density at radius 1 is 1.33 bits per heavy atom. The molecule has 2 aromatic rings. The van der Waals surface area contributed by atoms with E-state index >= 15 is 0 Å². The first kappa shape index (κ1) is 18.3. The average Bonchev–Trinajstić information content (AvgIpc) is 3.02. The van der Waals surface area contributed by atoms with Crippen LogP contribution in [0, 0.1) is 0 Å². The molecule has 2 aliphatic rings. The molecule has 0 radical (unpaired) electrons. The number of halogens is 1. The van der Waals surface area contributed by atoms with Gasteiger partial charge in [-0.1, -0.05) is 23.4 Å². The number of hydrogen-bond acceptors (Lipinski definition) is 7. The van der Waals surface area contributed by atoms with E-state index in [9.17, 15) is 4.79 Å². The summed E-state index contributed by atoms with van der Waals surface area (Å²) in [5.74, 6) is 0.151. The predicted molar refractivity (Wildman–Crippen MR) is 107 cm³/mol. The number of hydrogen-bond donors (Lipinski definition) is 3. The maximum atomic E-state index is 12.5. The number of nitrogens with two attached hydrogens (primary N) is 2. The molecule has 9 heteroatoms. The van der Waals surface area contributed by atoms with E-state index in [4.69, 9.17) is 23.1 Å². The number of nitrogens with zero attached hydrogens (tertiary/aromatic N) is 3. The number of amides is 1. The summed E-state index contributed by atoms with van der Waals surface area (Å²) in [5.41, 5.74) is 14.5. The molecule has 1 saturated heterocycles. The standard InChI is InChI=1S/C18H21ClN6OS/c1-18(21)3-6-25(7-4-18)11-9-24-17(13-10(11)8-23-16(13)26)27-12-2-5-22-15(20)14(12)19/h2,5,9H,3-4,6-8,21H2,1H3,(H2,20,22)(H,23,26). The first-order chi connectivity index (χ1) is 12.9. The molecule has 5 N–H and O–H groups in total. The molecule has 0 aromatic carbocycles. The molecule has 27 heavy (non-hydrogen) atoms. The number of aromatic nitrogens is 2. The molecule has 2 aliphatic heterocycles. The zero-order chi connectivity index (χ0) is 19.2. The van der Waals surface area contributed by atoms with E-state index in [1.165, 1.54) is 11.8 Å². The minimum absolute atomic E-state index is 0.110. The lowest BCUT2D eigenvalue weighted by atomic mass is 9.90. The van der Waals surface area contributed by atoms with Crippen LogP contribution in [0.4, 0.5) is 11.5 Å². The molecule has 0 bridgehead atoms. The summed E-state index contributed by atoms with van der Waals surface area (Å²) in [6, 6.07) is 1.77. The van der Waals surface area contributed by atoms with E-state index in [1.807, 2.05) is 6.20 Å². The SMILES string of the molecule is CC1(N)CCN(c2cnc(Sc3ccnc(N)c3Cl)c3c2CNC3=O)CC1. The minimum atomic E-state index is -0.130. The lowest BCUT2D eigenvalue weighted by Gasteiger charge is -2.38. The second-order valence-corrected chi connectivity index (χ2v) is 8.64. The maximum Gasteiger partial charge on any atom is 0.254 e. The molecular formula is C18H21ClN6OS. The van der Waals surface area contributed by atoms with Crippen molar-refractivity contribution in [2.24, 2.45) is 5.73 Å². The zero-order valence-electron chi connectivity index (χ0n) is 15.0. The third-order valence-electron chi connectivity index (χ3n) is 5.12. The molecule has 4 heterocycles. The van der Waals surface area contributed by atoms with E-state index in [0.717, 1.165) is 42.1 Å². The van der Waals surface area contributed by atoms with Gasteiger partial charge >= 0.3 is 0 Å². The molecule has 0 aliphatic carbocycles. The molecule has 2 aromatic heterocycles. The van der Waals surface area contributed by atoms with Gasteiger partial charge in [0.2, 0.25) is 0 Å². The zero-order valence-corrected chi connectivity index (χ0v) is 16.5. The highest BCUT2D eigenvalue weighted by atomic mass is 35.5. The second-order valence-electron chi connectivity index (χ2n) is 7.24. The van der Waals surface area contributed by atoms with Gasteiger partial charge in [-0.15, -0.1) is 0 Å². The van der Waals surface area contributed by atoms with Crippen LogP contribution in [0.5, 0.6) is 0 Å². The Morgan fingerprint density at radius 3 is 2.81 bits per heavy atom. The van der Waals surface area contributed by atoms with Crippen molar-refractivity contribution in [3.63, 3.8) is 0 Å². The lowest BCUT2D eigenvalue weighted by molar-refractivity contribution is 0.0962. The van der Waals surface area contributed by atoms with Gasteiger partial charge in [0.1, 0.15) is 10.8 Å². The molecule has 4 rings (SSSR count). The van der Waals surface area contributed by atoms with E-state index in [1.54, 1.807) is 12.3 Å². The molecule has 1 amide bonds. The summed E-state index contributed by atoms with van der Waals surface area (Å²) in [7, 11) is 0.